The minimum Gasteiger partial charge on any atom is -0.490 e. The third kappa shape index (κ3) is 3.60. The van der Waals surface area contributed by atoms with Crippen molar-refractivity contribution in [1.82, 2.24) is 4.98 Å². The Morgan fingerprint density at radius 3 is 2.67 bits per heavy atom. The van der Waals surface area contributed by atoms with Gasteiger partial charge in [-0.2, -0.15) is 0 Å². The molecular weight excluding hydrogens is 264 g/mol. The molecule has 0 spiro atoms. The first-order valence-electron chi connectivity index (χ1n) is 7.29. The number of amides is 1. The van der Waals surface area contributed by atoms with Gasteiger partial charge in [-0.05, 0) is 49.9 Å². The van der Waals surface area contributed by atoms with Gasteiger partial charge in [0.15, 0.2) is 0 Å². The molecule has 0 saturated heterocycles. The fraction of sp³-hybridized carbons (Fsp3) is 0.294. The van der Waals surface area contributed by atoms with E-state index in [0.717, 1.165) is 24.3 Å². The molecule has 4 nitrogen and oxygen atoms in total. The number of anilines is 1. The van der Waals surface area contributed by atoms with Crippen LogP contribution in [-0.2, 0) is 0 Å². The van der Waals surface area contributed by atoms with Crippen molar-refractivity contribution in [2.24, 2.45) is 0 Å². The smallest absolute Gasteiger partial charge is 0.255 e. The van der Waals surface area contributed by atoms with Crippen molar-refractivity contribution in [1.29, 1.82) is 0 Å². The fourth-order valence-electron chi connectivity index (χ4n) is 2.55. The molecule has 21 heavy (non-hydrogen) atoms. The molecule has 0 radical (unpaired) electrons. The van der Waals surface area contributed by atoms with E-state index in [4.69, 9.17) is 4.74 Å². The molecule has 2 aromatic rings. The number of ether oxygens (including phenoxy) is 1. The summed E-state index contributed by atoms with van der Waals surface area (Å²) in [7, 11) is 0. The molecule has 108 valence electrons. The van der Waals surface area contributed by atoms with Crippen molar-refractivity contribution in [2.45, 2.75) is 31.8 Å². The van der Waals surface area contributed by atoms with E-state index < -0.39 is 0 Å². The van der Waals surface area contributed by atoms with Crippen LogP contribution in [0, 0.1) is 0 Å². The molecule has 4 heteroatoms. The first-order valence-corrected chi connectivity index (χ1v) is 7.29. The topological polar surface area (TPSA) is 51.2 Å². The van der Waals surface area contributed by atoms with Crippen molar-refractivity contribution in [3.63, 3.8) is 0 Å². The molecule has 1 saturated carbocycles. The Morgan fingerprint density at radius 1 is 1.14 bits per heavy atom. The fourth-order valence-corrected chi connectivity index (χ4v) is 2.55. The zero-order valence-electron chi connectivity index (χ0n) is 11.8. The van der Waals surface area contributed by atoms with E-state index in [1.54, 1.807) is 24.5 Å². The van der Waals surface area contributed by atoms with E-state index in [0.29, 0.717) is 11.7 Å². The zero-order valence-corrected chi connectivity index (χ0v) is 11.8. The highest BCUT2D eigenvalue weighted by Gasteiger charge is 2.16. The van der Waals surface area contributed by atoms with Gasteiger partial charge in [0.05, 0.1) is 6.10 Å². The Bertz CT molecular complexity index is 607. The maximum atomic E-state index is 12.1. The number of benzene rings is 1. The number of carbonyl (C=O) groups excluding carboxylic acids is 1. The van der Waals surface area contributed by atoms with Crippen LogP contribution in [0.15, 0.2) is 48.8 Å². The molecule has 1 aromatic heterocycles. The summed E-state index contributed by atoms with van der Waals surface area (Å²) in [6.07, 6.45) is 8.24. The molecule has 0 aliphatic heterocycles. The highest BCUT2D eigenvalue weighted by Crippen LogP contribution is 2.25. The Kier molecular flexibility index (Phi) is 4.15. The van der Waals surface area contributed by atoms with E-state index in [-0.39, 0.29) is 5.91 Å². The second kappa shape index (κ2) is 6.39. The Morgan fingerprint density at radius 2 is 1.90 bits per heavy atom. The summed E-state index contributed by atoms with van der Waals surface area (Å²) < 4.78 is 5.94. The molecule has 1 aliphatic carbocycles. The van der Waals surface area contributed by atoms with Gasteiger partial charge in [0, 0.05) is 29.7 Å². The Hall–Kier alpha value is -2.36. The van der Waals surface area contributed by atoms with Crippen LogP contribution in [-0.4, -0.2) is 17.0 Å². The highest BCUT2D eigenvalue weighted by atomic mass is 16.5. The maximum Gasteiger partial charge on any atom is 0.255 e. The van der Waals surface area contributed by atoms with E-state index in [1.165, 1.54) is 12.8 Å². The second-order valence-corrected chi connectivity index (χ2v) is 5.24. The van der Waals surface area contributed by atoms with E-state index in [1.807, 2.05) is 24.3 Å². The number of hydrogen-bond acceptors (Lipinski definition) is 3. The molecule has 0 atom stereocenters. The molecule has 1 heterocycles. The van der Waals surface area contributed by atoms with Crippen LogP contribution in [0.1, 0.15) is 36.0 Å². The average molecular weight is 282 g/mol. The summed E-state index contributed by atoms with van der Waals surface area (Å²) in [6, 6.07) is 10.9. The molecule has 1 aliphatic rings. The van der Waals surface area contributed by atoms with Gasteiger partial charge in [0.1, 0.15) is 5.75 Å². The summed E-state index contributed by atoms with van der Waals surface area (Å²) >= 11 is 0. The summed E-state index contributed by atoms with van der Waals surface area (Å²) in [5.74, 6) is 0.671. The third-order valence-corrected chi connectivity index (χ3v) is 3.64. The van der Waals surface area contributed by atoms with Crippen LogP contribution in [0.25, 0.3) is 0 Å². The van der Waals surface area contributed by atoms with Crippen molar-refractivity contribution in [2.75, 3.05) is 5.32 Å². The van der Waals surface area contributed by atoms with Gasteiger partial charge in [0.25, 0.3) is 5.91 Å². The standard InChI is InChI=1S/C17H18N2O2/c20-17(13-8-10-18-11-9-13)19-14-4-3-7-16(12-14)21-15-5-1-2-6-15/h3-4,7-12,15H,1-2,5-6H2,(H,19,20). The monoisotopic (exact) mass is 282 g/mol. The van der Waals surface area contributed by atoms with Gasteiger partial charge < -0.3 is 10.1 Å². The average Bonchev–Trinajstić information content (AvgIpc) is 3.01. The van der Waals surface area contributed by atoms with Crippen LogP contribution in [0.4, 0.5) is 5.69 Å². The van der Waals surface area contributed by atoms with Crippen LogP contribution >= 0.6 is 0 Å². The molecule has 1 amide bonds. The lowest BCUT2D eigenvalue weighted by atomic mass is 10.2. The van der Waals surface area contributed by atoms with E-state index >= 15 is 0 Å². The molecule has 0 bridgehead atoms. The van der Waals surface area contributed by atoms with Crippen LogP contribution < -0.4 is 10.1 Å². The van der Waals surface area contributed by atoms with Gasteiger partial charge in [-0.1, -0.05) is 6.07 Å². The van der Waals surface area contributed by atoms with E-state index in [9.17, 15) is 4.79 Å². The van der Waals surface area contributed by atoms with Gasteiger partial charge in [0.2, 0.25) is 0 Å². The van der Waals surface area contributed by atoms with Crippen LogP contribution in [0.5, 0.6) is 5.75 Å². The SMILES string of the molecule is O=C(Nc1cccc(OC2CCCC2)c1)c1ccncc1. The summed E-state index contributed by atoms with van der Waals surface area (Å²) in [6.45, 7) is 0. The van der Waals surface area contributed by atoms with Crippen molar-refractivity contribution in [3.8, 4) is 5.75 Å². The molecule has 3 rings (SSSR count). The number of pyridine rings is 1. The quantitative estimate of drug-likeness (QED) is 0.931. The normalized spacial score (nSPS) is 14.9. The van der Waals surface area contributed by atoms with Crippen LogP contribution in [0.2, 0.25) is 0 Å². The number of hydrogen-bond donors (Lipinski definition) is 1. The second-order valence-electron chi connectivity index (χ2n) is 5.24. The Labute approximate surface area is 124 Å². The van der Waals surface area contributed by atoms with Crippen molar-refractivity contribution < 1.29 is 9.53 Å². The van der Waals surface area contributed by atoms with Gasteiger partial charge in [-0.15, -0.1) is 0 Å². The Balaban J connectivity index is 1.66. The van der Waals surface area contributed by atoms with Crippen molar-refractivity contribution in [3.05, 3.63) is 54.4 Å². The minimum absolute atomic E-state index is 0.143. The number of aromatic nitrogens is 1. The largest absolute Gasteiger partial charge is 0.490 e. The number of rotatable bonds is 4. The molecule has 1 N–H and O–H groups in total. The zero-order chi connectivity index (χ0) is 14.5. The minimum atomic E-state index is -0.143. The van der Waals surface area contributed by atoms with Crippen molar-refractivity contribution >= 4 is 11.6 Å². The number of carbonyl (C=O) groups is 1. The molecular formula is C17H18N2O2. The summed E-state index contributed by atoms with van der Waals surface area (Å²) in [4.78, 5) is 16.0. The van der Waals surface area contributed by atoms with Gasteiger partial charge in [-0.25, -0.2) is 0 Å². The lowest BCUT2D eigenvalue weighted by Gasteiger charge is -2.14. The first-order chi connectivity index (χ1) is 10.3. The predicted molar refractivity (Wildman–Crippen MR) is 81.5 cm³/mol. The molecule has 1 fully saturated rings. The summed E-state index contributed by atoms with van der Waals surface area (Å²) in [5, 5.41) is 2.88. The molecule has 0 unspecified atom stereocenters. The maximum absolute atomic E-state index is 12.1. The predicted octanol–water partition coefficient (Wildman–Crippen LogP) is 3.66. The highest BCUT2D eigenvalue weighted by molar-refractivity contribution is 6.04. The number of nitrogens with one attached hydrogen (secondary N) is 1. The van der Waals surface area contributed by atoms with Gasteiger partial charge in [-0.3, -0.25) is 9.78 Å². The first kappa shape index (κ1) is 13.6. The lowest BCUT2D eigenvalue weighted by molar-refractivity contribution is 0.102. The van der Waals surface area contributed by atoms with Crippen LogP contribution in [0.3, 0.4) is 0 Å². The van der Waals surface area contributed by atoms with E-state index in [2.05, 4.69) is 10.3 Å². The lowest BCUT2D eigenvalue weighted by Crippen LogP contribution is -2.13. The molecule has 1 aromatic carbocycles. The number of nitrogens with zero attached hydrogens (tertiary/aromatic N) is 1. The van der Waals surface area contributed by atoms with Gasteiger partial charge >= 0.3 is 0 Å². The summed E-state index contributed by atoms with van der Waals surface area (Å²) in [5.41, 5.74) is 1.33. The third-order valence-electron chi connectivity index (χ3n) is 3.64.